The highest BCUT2D eigenvalue weighted by Crippen LogP contribution is 2.35. The summed E-state index contributed by atoms with van der Waals surface area (Å²) in [5.74, 6) is -1.18. The van der Waals surface area contributed by atoms with Crippen molar-refractivity contribution in [2.75, 3.05) is 62.1 Å². The van der Waals surface area contributed by atoms with Crippen LogP contribution in [0.3, 0.4) is 0 Å². The minimum absolute atomic E-state index is 0.124. The number of hydrogen-bond acceptors (Lipinski definition) is 11. The highest BCUT2D eigenvalue weighted by atomic mass is 32.2. The molecular weight excluding hydrogens is 618 g/mol. The molecule has 5 rings (SSSR count). The molecule has 0 saturated carbocycles. The number of carbonyl (C=O) groups is 4. The van der Waals surface area contributed by atoms with E-state index in [1.807, 2.05) is 12.1 Å². The van der Waals surface area contributed by atoms with Crippen molar-refractivity contribution in [1.82, 2.24) is 4.90 Å². The fraction of sp³-hybridized carbons (Fsp3) is 0.226. The fourth-order valence-corrected chi connectivity index (χ4v) is 5.55. The van der Waals surface area contributed by atoms with Crippen molar-refractivity contribution >= 4 is 63.5 Å². The van der Waals surface area contributed by atoms with Crippen LogP contribution in [0.2, 0.25) is 0 Å². The fourth-order valence-electron chi connectivity index (χ4n) is 4.71. The van der Waals surface area contributed by atoms with Gasteiger partial charge in [-0.15, -0.1) is 0 Å². The molecule has 14 nitrogen and oxygen atoms in total. The third-order valence-corrected chi connectivity index (χ3v) is 7.80. The van der Waals surface area contributed by atoms with Crippen LogP contribution in [0.5, 0.6) is 11.5 Å². The van der Waals surface area contributed by atoms with Crippen LogP contribution in [0.1, 0.15) is 5.56 Å². The number of morpholine rings is 1. The zero-order valence-electron chi connectivity index (χ0n) is 24.6. The Labute approximate surface area is 267 Å². The third-order valence-electron chi connectivity index (χ3n) is 6.89. The largest absolute Gasteiger partial charge is 0.493 e. The van der Waals surface area contributed by atoms with E-state index in [2.05, 4.69) is 15.5 Å². The SMILES string of the molecule is COc1cc(/C=C2\SC(=O)N(CC(=O)Nc3ccccc3N3CCOCC3)C2=O)ccc1OCC(=O)Nc1cccc([N+](=O)[O-])c1. The van der Waals surface area contributed by atoms with Crippen LogP contribution < -0.4 is 25.0 Å². The van der Waals surface area contributed by atoms with Crippen molar-refractivity contribution < 1.29 is 38.3 Å². The maximum Gasteiger partial charge on any atom is 0.294 e. The van der Waals surface area contributed by atoms with Gasteiger partial charge in [-0.05, 0) is 53.7 Å². The summed E-state index contributed by atoms with van der Waals surface area (Å²) in [4.78, 5) is 64.6. The molecule has 2 N–H and O–H groups in total. The van der Waals surface area contributed by atoms with Gasteiger partial charge in [0.15, 0.2) is 18.1 Å². The summed E-state index contributed by atoms with van der Waals surface area (Å²) in [7, 11) is 1.40. The summed E-state index contributed by atoms with van der Waals surface area (Å²) in [6.45, 7) is 1.65. The zero-order chi connectivity index (χ0) is 32.6. The first-order valence-corrected chi connectivity index (χ1v) is 14.9. The highest BCUT2D eigenvalue weighted by Gasteiger charge is 2.36. The van der Waals surface area contributed by atoms with Crippen molar-refractivity contribution in [3.8, 4) is 11.5 Å². The van der Waals surface area contributed by atoms with E-state index in [0.29, 0.717) is 49.3 Å². The Bertz CT molecular complexity index is 1710. The number of methoxy groups -OCH3 is 1. The summed E-state index contributed by atoms with van der Waals surface area (Å²) in [6, 6.07) is 17.5. The van der Waals surface area contributed by atoms with Crippen LogP contribution in [0.15, 0.2) is 71.6 Å². The number of amides is 4. The van der Waals surface area contributed by atoms with Gasteiger partial charge in [0.25, 0.3) is 22.7 Å². The second kappa shape index (κ2) is 14.6. The molecule has 0 atom stereocenters. The number of benzene rings is 3. The molecule has 0 bridgehead atoms. The quantitative estimate of drug-likeness (QED) is 0.174. The van der Waals surface area contributed by atoms with Crippen molar-refractivity contribution in [2.24, 2.45) is 0 Å². The number of non-ortho nitro benzene ring substituents is 1. The molecule has 2 aliphatic heterocycles. The molecule has 46 heavy (non-hydrogen) atoms. The zero-order valence-corrected chi connectivity index (χ0v) is 25.4. The number of thioether (sulfide) groups is 1. The van der Waals surface area contributed by atoms with Gasteiger partial charge in [0.1, 0.15) is 6.54 Å². The molecule has 15 heteroatoms. The lowest BCUT2D eigenvalue weighted by molar-refractivity contribution is -0.384. The number of anilines is 3. The lowest BCUT2D eigenvalue weighted by Crippen LogP contribution is -2.38. The van der Waals surface area contributed by atoms with Gasteiger partial charge >= 0.3 is 0 Å². The smallest absolute Gasteiger partial charge is 0.294 e. The van der Waals surface area contributed by atoms with Crippen LogP contribution in [-0.2, 0) is 19.1 Å². The number of carbonyl (C=O) groups excluding carboxylic acids is 4. The molecule has 2 heterocycles. The molecule has 0 radical (unpaired) electrons. The number of para-hydroxylation sites is 2. The molecular formula is C31H29N5O9S. The first-order chi connectivity index (χ1) is 22.2. The van der Waals surface area contributed by atoms with Crippen LogP contribution in [-0.4, -0.2) is 79.3 Å². The number of hydrogen-bond donors (Lipinski definition) is 2. The van der Waals surface area contributed by atoms with Gasteiger partial charge in [0, 0.05) is 30.9 Å². The van der Waals surface area contributed by atoms with E-state index in [0.717, 1.165) is 10.6 Å². The summed E-state index contributed by atoms with van der Waals surface area (Å²) in [5.41, 5.74) is 2.00. The van der Waals surface area contributed by atoms with Gasteiger partial charge in [0.2, 0.25) is 5.91 Å². The van der Waals surface area contributed by atoms with Crippen LogP contribution in [0.25, 0.3) is 6.08 Å². The number of nitro groups is 1. The summed E-state index contributed by atoms with van der Waals surface area (Å²) in [6.07, 6.45) is 1.50. The lowest BCUT2D eigenvalue weighted by atomic mass is 10.2. The molecule has 2 saturated heterocycles. The number of rotatable bonds is 11. The van der Waals surface area contributed by atoms with Gasteiger partial charge in [-0.1, -0.05) is 24.3 Å². The van der Waals surface area contributed by atoms with Crippen molar-refractivity contribution in [2.45, 2.75) is 0 Å². The van der Waals surface area contributed by atoms with E-state index in [1.54, 1.807) is 24.3 Å². The monoisotopic (exact) mass is 647 g/mol. The molecule has 0 unspecified atom stereocenters. The number of nitrogens with one attached hydrogen (secondary N) is 2. The average molecular weight is 648 g/mol. The maximum absolute atomic E-state index is 13.1. The number of nitro benzene ring substituents is 1. The Morgan fingerprint density at radius 1 is 1.00 bits per heavy atom. The standard InChI is InChI=1S/C31H29N5O9S/c1-43-26-15-20(9-10-25(26)45-19-29(38)32-21-5-4-6-22(17-21)36(41)42)16-27-30(39)35(31(40)46-27)18-28(37)33-23-7-2-3-8-24(23)34-11-13-44-14-12-34/h2-10,15-17H,11-14,18-19H2,1H3,(H,32,38)(H,33,37)/b27-16-. The lowest BCUT2D eigenvalue weighted by Gasteiger charge is -2.30. The van der Waals surface area contributed by atoms with Crippen molar-refractivity contribution in [3.05, 3.63) is 87.3 Å². The Hall–Kier alpha value is -5.41. The predicted octanol–water partition coefficient (Wildman–Crippen LogP) is 4.13. The second-order valence-corrected chi connectivity index (χ2v) is 11.0. The van der Waals surface area contributed by atoms with Crippen molar-refractivity contribution in [1.29, 1.82) is 0 Å². The molecule has 2 aliphatic rings. The van der Waals surface area contributed by atoms with Crippen LogP contribution >= 0.6 is 11.8 Å². The van der Waals surface area contributed by atoms with E-state index in [-0.39, 0.29) is 27.8 Å². The van der Waals surface area contributed by atoms with Gasteiger partial charge in [-0.3, -0.25) is 34.2 Å². The predicted molar refractivity (Wildman–Crippen MR) is 171 cm³/mol. The molecule has 0 aliphatic carbocycles. The van der Waals surface area contributed by atoms with Crippen molar-refractivity contribution in [3.63, 3.8) is 0 Å². The third kappa shape index (κ3) is 7.80. The molecule has 0 aromatic heterocycles. The Kier molecular flexibility index (Phi) is 10.1. The minimum Gasteiger partial charge on any atom is -0.493 e. The Morgan fingerprint density at radius 2 is 1.78 bits per heavy atom. The van der Waals surface area contributed by atoms with E-state index in [9.17, 15) is 29.3 Å². The van der Waals surface area contributed by atoms with Crippen LogP contribution in [0, 0.1) is 10.1 Å². The van der Waals surface area contributed by atoms with Gasteiger partial charge in [-0.2, -0.15) is 0 Å². The van der Waals surface area contributed by atoms with Gasteiger partial charge in [-0.25, -0.2) is 0 Å². The average Bonchev–Trinajstić information content (AvgIpc) is 3.31. The Morgan fingerprint density at radius 3 is 2.54 bits per heavy atom. The van der Waals surface area contributed by atoms with E-state index >= 15 is 0 Å². The van der Waals surface area contributed by atoms with E-state index < -0.39 is 41.0 Å². The molecule has 0 spiro atoms. The molecule has 2 fully saturated rings. The van der Waals surface area contributed by atoms with Crippen LogP contribution in [0.4, 0.5) is 27.5 Å². The number of ether oxygens (including phenoxy) is 3. The summed E-state index contributed by atoms with van der Waals surface area (Å²) in [5, 5.41) is 15.7. The molecule has 238 valence electrons. The maximum atomic E-state index is 13.1. The normalized spacial score (nSPS) is 15.5. The highest BCUT2D eigenvalue weighted by molar-refractivity contribution is 8.18. The number of imide groups is 1. The molecule has 3 aromatic carbocycles. The van der Waals surface area contributed by atoms with E-state index in [1.165, 1.54) is 43.5 Å². The van der Waals surface area contributed by atoms with E-state index in [4.69, 9.17) is 14.2 Å². The first-order valence-electron chi connectivity index (χ1n) is 14.0. The molecule has 3 aromatic rings. The van der Waals surface area contributed by atoms with Gasteiger partial charge < -0.3 is 29.7 Å². The topological polar surface area (TPSA) is 170 Å². The summed E-state index contributed by atoms with van der Waals surface area (Å²) < 4.78 is 16.4. The first kappa shape index (κ1) is 32.0. The minimum atomic E-state index is -0.608. The summed E-state index contributed by atoms with van der Waals surface area (Å²) >= 11 is 0.716. The second-order valence-electron chi connectivity index (χ2n) is 9.99. The molecule has 4 amide bonds. The van der Waals surface area contributed by atoms with Gasteiger partial charge in [0.05, 0.1) is 41.5 Å². The Balaban J connectivity index is 1.19. The number of nitrogens with zero attached hydrogens (tertiary/aromatic N) is 3.